The van der Waals surface area contributed by atoms with E-state index in [1.165, 1.54) is 0 Å². The van der Waals surface area contributed by atoms with Gasteiger partial charge in [0.1, 0.15) is 0 Å². The lowest BCUT2D eigenvalue weighted by Gasteiger charge is -2.30. The van der Waals surface area contributed by atoms with Gasteiger partial charge in [-0.15, -0.1) is 0 Å². The number of fused-ring (bicyclic) bond motifs is 1. The van der Waals surface area contributed by atoms with Gasteiger partial charge in [-0.3, -0.25) is 4.68 Å². The van der Waals surface area contributed by atoms with E-state index in [4.69, 9.17) is 9.73 Å². The highest BCUT2D eigenvalue weighted by molar-refractivity contribution is 6.67. The first-order valence-electron chi connectivity index (χ1n) is 9.69. The average Bonchev–Trinajstić information content (AvgIpc) is 3.34. The Kier molecular flexibility index (Phi) is 6.02. The molecule has 1 N–H and O–H groups in total. The number of methoxy groups -OCH3 is 1. The lowest BCUT2D eigenvalue weighted by atomic mass is 9.40. The molecule has 0 radical (unpaired) electrons. The second-order valence-corrected chi connectivity index (χ2v) is 6.79. The van der Waals surface area contributed by atoms with Crippen LogP contribution in [0.4, 0.5) is 0 Å². The number of aliphatic imine (C=N–C) groups is 1. The zero-order chi connectivity index (χ0) is 19.4. The molecule has 142 valence electrons. The number of ether oxygens (including phenoxy) is 1. The van der Waals surface area contributed by atoms with E-state index >= 15 is 0 Å². The second kappa shape index (κ2) is 8.44. The zero-order valence-corrected chi connectivity index (χ0v) is 16.6. The first-order valence-corrected chi connectivity index (χ1v) is 9.69. The van der Waals surface area contributed by atoms with E-state index in [-0.39, 0.29) is 6.71 Å². The van der Waals surface area contributed by atoms with Crippen LogP contribution in [0.1, 0.15) is 32.3 Å². The third kappa shape index (κ3) is 3.79. The summed E-state index contributed by atoms with van der Waals surface area (Å²) < 4.78 is 7.39. The third-order valence-electron chi connectivity index (χ3n) is 5.16. The Morgan fingerprint density at radius 3 is 2.89 bits per heavy atom. The van der Waals surface area contributed by atoms with Crippen molar-refractivity contribution in [1.82, 2.24) is 20.2 Å². The van der Waals surface area contributed by atoms with Crippen LogP contribution in [-0.4, -0.2) is 40.9 Å². The van der Waals surface area contributed by atoms with Gasteiger partial charge < -0.3 is 4.74 Å². The highest BCUT2D eigenvalue weighted by Crippen LogP contribution is 2.35. The van der Waals surface area contributed by atoms with E-state index in [0.29, 0.717) is 12.5 Å². The minimum atomic E-state index is 0.132. The highest BCUT2D eigenvalue weighted by atomic mass is 16.5. The standard InChI is InChI=1S/C17H21BN6O.C2H6/c1-23-10-13(8-20-23)14-9-21-24-16(25-2)6-15(22-17(14)24)12-4-3-5-18(7-12)11-19;1-2/h6,8,10,12,21H,3-5,7,9H2,1-2H3;1-2H3. The van der Waals surface area contributed by atoms with Crippen LogP contribution >= 0.6 is 0 Å². The van der Waals surface area contributed by atoms with Gasteiger partial charge in [-0.2, -0.15) is 5.10 Å². The summed E-state index contributed by atoms with van der Waals surface area (Å²) >= 11 is 0. The summed E-state index contributed by atoms with van der Waals surface area (Å²) in [4.78, 5) is 4.96. The number of rotatable bonds is 3. The predicted molar refractivity (Wildman–Crippen MR) is 108 cm³/mol. The summed E-state index contributed by atoms with van der Waals surface area (Å²) in [5.74, 6) is 4.37. The summed E-state index contributed by atoms with van der Waals surface area (Å²) in [6.07, 6.45) is 9.90. The van der Waals surface area contributed by atoms with Crippen molar-refractivity contribution in [3.8, 4) is 5.97 Å². The number of nitriles is 1. The number of nitrogens with one attached hydrogen (secondary N) is 1. The van der Waals surface area contributed by atoms with Crippen LogP contribution in [0.5, 0.6) is 0 Å². The van der Waals surface area contributed by atoms with Gasteiger partial charge in [-0.25, -0.2) is 20.7 Å². The van der Waals surface area contributed by atoms with E-state index < -0.39 is 0 Å². The van der Waals surface area contributed by atoms with Gasteiger partial charge >= 0.3 is 0 Å². The Hall–Kier alpha value is -2.53. The maximum absolute atomic E-state index is 9.28. The van der Waals surface area contributed by atoms with Crippen molar-refractivity contribution in [3.63, 3.8) is 0 Å². The van der Waals surface area contributed by atoms with Gasteiger partial charge in [-0.05, 0) is 12.3 Å². The quantitative estimate of drug-likeness (QED) is 0.833. The molecule has 4 heterocycles. The molecule has 1 aromatic rings. The summed E-state index contributed by atoms with van der Waals surface area (Å²) in [6, 6.07) is 0. The molecule has 0 saturated carbocycles. The smallest absolute Gasteiger partial charge is 0.268 e. The van der Waals surface area contributed by atoms with Gasteiger partial charge in [-0.1, -0.05) is 32.9 Å². The first kappa shape index (κ1) is 19.2. The molecular weight excluding hydrogens is 339 g/mol. The van der Waals surface area contributed by atoms with Gasteiger partial charge in [0.2, 0.25) is 5.88 Å². The Labute approximate surface area is 161 Å². The number of nitrogens with zero attached hydrogens (tertiary/aromatic N) is 5. The first-order chi connectivity index (χ1) is 13.2. The molecule has 0 amide bonds. The third-order valence-corrected chi connectivity index (χ3v) is 5.16. The van der Waals surface area contributed by atoms with Crippen LogP contribution in [0.2, 0.25) is 12.6 Å². The molecule has 0 aromatic carbocycles. The maximum Gasteiger partial charge on any atom is 0.268 e. The largest absolute Gasteiger partial charge is 0.481 e. The summed E-state index contributed by atoms with van der Waals surface area (Å²) in [7, 11) is 3.59. The fraction of sp³-hybridized carbons (Fsp3) is 0.526. The Morgan fingerprint density at radius 2 is 2.22 bits per heavy atom. The van der Waals surface area contributed by atoms with Crippen LogP contribution in [0.25, 0.3) is 5.57 Å². The van der Waals surface area contributed by atoms with E-state index in [0.717, 1.165) is 54.0 Å². The van der Waals surface area contributed by atoms with Crippen molar-refractivity contribution in [2.45, 2.75) is 39.3 Å². The molecule has 1 unspecified atom stereocenters. The fourth-order valence-corrected chi connectivity index (χ4v) is 3.84. The number of hydrogen-bond acceptors (Lipinski definition) is 6. The van der Waals surface area contributed by atoms with E-state index in [1.54, 1.807) is 11.8 Å². The molecule has 0 bridgehead atoms. The number of aromatic nitrogens is 2. The minimum Gasteiger partial charge on any atom is -0.481 e. The molecule has 8 heteroatoms. The molecule has 1 aromatic heterocycles. The molecule has 7 nitrogen and oxygen atoms in total. The number of allylic oxidation sites excluding steroid dienone is 1. The number of aryl methyl sites for hydroxylation is 1. The van der Waals surface area contributed by atoms with Crippen molar-refractivity contribution in [2.75, 3.05) is 13.7 Å². The Balaban J connectivity index is 0.00000102. The normalized spacial score (nSPS) is 21.7. The van der Waals surface area contributed by atoms with Crippen LogP contribution in [-0.2, 0) is 11.8 Å². The molecule has 0 spiro atoms. The Bertz CT molecular complexity index is 818. The lowest BCUT2D eigenvalue weighted by Crippen LogP contribution is -2.36. The van der Waals surface area contributed by atoms with Gasteiger partial charge in [0.05, 0.1) is 19.0 Å². The summed E-state index contributed by atoms with van der Waals surface area (Å²) in [5.41, 5.74) is 6.53. The van der Waals surface area contributed by atoms with Crippen molar-refractivity contribution in [1.29, 1.82) is 5.26 Å². The van der Waals surface area contributed by atoms with Gasteiger partial charge in [0.25, 0.3) is 6.71 Å². The van der Waals surface area contributed by atoms with Crippen LogP contribution in [0.15, 0.2) is 35.2 Å². The Morgan fingerprint density at radius 1 is 1.41 bits per heavy atom. The van der Waals surface area contributed by atoms with Crippen molar-refractivity contribution in [3.05, 3.63) is 35.7 Å². The van der Waals surface area contributed by atoms with E-state index in [2.05, 4.69) is 16.5 Å². The molecule has 4 rings (SSSR count). The van der Waals surface area contributed by atoms with Crippen molar-refractivity contribution in [2.24, 2.45) is 18.0 Å². The van der Waals surface area contributed by atoms with E-state index in [9.17, 15) is 5.26 Å². The summed E-state index contributed by atoms with van der Waals surface area (Å²) in [6.45, 7) is 4.82. The average molecular weight is 366 g/mol. The molecule has 27 heavy (non-hydrogen) atoms. The maximum atomic E-state index is 9.28. The molecule has 0 aliphatic carbocycles. The number of hydrogen-bond donors (Lipinski definition) is 1. The predicted octanol–water partition coefficient (Wildman–Crippen LogP) is 2.85. The van der Waals surface area contributed by atoms with Crippen molar-refractivity contribution < 1.29 is 4.74 Å². The fourth-order valence-electron chi connectivity index (χ4n) is 3.84. The highest BCUT2D eigenvalue weighted by Gasteiger charge is 2.34. The summed E-state index contributed by atoms with van der Waals surface area (Å²) in [5, 5.41) is 15.5. The molecule has 1 fully saturated rings. The van der Waals surface area contributed by atoms with E-state index in [1.807, 2.05) is 44.4 Å². The topological polar surface area (TPSA) is 78.5 Å². The van der Waals surface area contributed by atoms with Gasteiger partial charge in [0.15, 0.2) is 5.82 Å². The van der Waals surface area contributed by atoms with Crippen molar-refractivity contribution >= 4 is 18.0 Å². The zero-order valence-electron chi connectivity index (χ0n) is 16.6. The molecular formula is C19H27BN6O. The minimum absolute atomic E-state index is 0.132. The molecule has 1 atom stereocenters. The van der Waals surface area contributed by atoms with Crippen LogP contribution in [0.3, 0.4) is 0 Å². The molecule has 3 aliphatic heterocycles. The lowest BCUT2D eigenvalue weighted by molar-refractivity contribution is 0.152. The number of hydrazine groups is 1. The van der Waals surface area contributed by atoms with Gasteiger partial charge in [0, 0.05) is 43.0 Å². The SMILES string of the molecule is CC.COC1=CC(C2CCCB(C#N)C2)=NC2=C(c3cnn(C)c3)CNN12. The monoisotopic (exact) mass is 366 g/mol. The molecule has 3 aliphatic rings. The molecule has 1 saturated heterocycles. The second-order valence-electron chi connectivity index (χ2n) is 6.79. The van der Waals surface area contributed by atoms with Crippen LogP contribution in [0, 0.1) is 17.1 Å². The van der Waals surface area contributed by atoms with Crippen LogP contribution < -0.4 is 5.43 Å².